The maximum atomic E-state index is 12.1. The summed E-state index contributed by atoms with van der Waals surface area (Å²) >= 11 is 0. The summed E-state index contributed by atoms with van der Waals surface area (Å²) in [4.78, 5) is 34.1. The second-order valence-corrected chi connectivity index (χ2v) is 4.84. The summed E-state index contributed by atoms with van der Waals surface area (Å²) in [6.07, 6.45) is -0.327. The molecule has 0 aliphatic rings. The van der Waals surface area contributed by atoms with Crippen LogP contribution in [0, 0.1) is 0 Å². The van der Waals surface area contributed by atoms with E-state index in [1.807, 2.05) is 6.07 Å². The van der Waals surface area contributed by atoms with Crippen molar-refractivity contribution in [3.05, 3.63) is 60.2 Å². The van der Waals surface area contributed by atoms with Crippen LogP contribution < -0.4 is 10.6 Å². The van der Waals surface area contributed by atoms with Crippen molar-refractivity contribution >= 4 is 29.2 Å². The fourth-order valence-electron chi connectivity index (χ4n) is 1.91. The van der Waals surface area contributed by atoms with Gasteiger partial charge in [-0.1, -0.05) is 24.3 Å². The average Bonchev–Trinajstić information content (AvgIpc) is 2.54. The zero-order valence-corrected chi connectivity index (χ0v) is 12.3. The molecule has 0 unspecified atom stereocenters. The lowest BCUT2D eigenvalue weighted by Gasteiger charge is -2.08. The Morgan fingerprint density at radius 2 is 1.48 bits per heavy atom. The first-order valence-corrected chi connectivity index (χ1v) is 7.03. The lowest BCUT2D eigenvalue weighted by molar-refractivity contribution is -0.138. The van der Waals surface area contributed by atoms with Crippen molar-refractivity contribution in [2.24, 2.45) is 0 Å². The second kappa shape index (κ2) is 7.74. The lowest BCUT2D eigenvalue weighted by Crippen LogP contribution is -2.14. The van der Waals surface area contributed by atoms with Crippen molar-refractivity contribution in [3.63, 3.8) is 0 Å². The third kappa shape index (κ3) is 5.28. The lowest BCUT2D eigenvalue weighted by atomic mass is 10.2. The van der Waals surface area contributed by atoms with Crippen molar-refractivity contribution in [3.8, 4) is 0 Å². The van der Waals surface area contributed by atoms with Gasteiger partial charge in [0.25, 0.3) is 5.91 Å². The van der Waals surface area contributed by atoms with E-state index in [0.29, 0.717) is 16.9 Å². The Kier molecular flexibility index (Phi) is 5.46. The first kappa shape index (κ1) is 16.2. The van der Waals surface area contributed by atoms with E-state index in [4.69, 9.17) is 5.11 Å². The van der Waals surface area contributed by atoms with Gasteiger partial charge >= 0.3 is 5.97 Å². The summed E-state index contributed by atoms with van der Waals surface area (Å²) in [7, 11) is 0. The number of carbonyl (C=O) groups excluding carboxylic acids is 2. The molecule has 6 heteroatoms. The Bertz CT molecular complexity index is 714. The number of nitrogens with one attached hydrogen (secondary N) is 2. The van der Waals surface area contributed by atoms with Gasteiger partial charge < -0.3 is 15.7 Å². The van der Waals surface area contributed by atoms with Crippen LogP contribution in [0.3, 0.4) is 0 Å². The standard InChI is InChI=1S/C17H16N2O4/c20-15(9-10-16(21)22)18-13-7-4-8-14(11-13)19-17(23)12-5-2-1-3-6-12/h1-8,11H,9-10H2,(H,18,20)(H,19,23)(H,21,22). The molecule has 0 saturated heterocycles. The van der Waals surface area contributed by atoms with Gasteiger partial charge in [0.05, 0.1) is 6.42 Å². The topological polar surface area (TPSA) is 95.5 Å². The number of hydrogen-bond acceptors (Lipinski definition) is 3. The van der Waals surface area contributed by atoms with E-state index in [2.05, 4.69) is 10.6 Å². The molecule has 0 fully saturated rings. The first-order valence-electron chi connectivity index (χ1n) is 7.03. The van der Waals surface area contributed by atoms with E-state index in [1.165, 1.54) is 0 Å². The molecule has 3 N–H and O–H groups in total. The Labute approximate surface area is 133 Å². The summed E-state index contributed by atoms with van der Waals surface area (Å²) < 4.78 is 0. The number of carboxylic acids is 1. The molecule has 0 aromatic heterocycles. The van der Waals surface area contributed by atoms with Gasteiger partial charge in [-0.15, -0.1) is 0 Å². The Hall–Kier alpha value is -3.15. The molecule has 0 heterocycles. The van der Waals surface area contributed by atoms with Gasteiger partial charge in [-0.25, -0.2) is 0 Å². The predicted molar refractivity (Wildman–Crippen MR) is 86.3 cm³/mol. The fraction of sp³-hybridized carbons (Fsp3) is 0.118. The van der Waals surface area contributed by atoms with E-state index >= 15 is 0 Å². The molecular formula is C17H16N2O4. The van der Waals surface area contributed by atoms with Crippen LogP contribution in [0.2, 0.25) is 0 Å². The molecule has 0 saturated carbocycles. The van der Waals surface area contributed by atoms with Crippen molar-refractivity contribution in [2.75, 3.05) is 10.6 Å². The number of carbonyl (C=O) groups is 3. The number of aliphatic carboxylic acids is 1. The summed E-state index contributed by atoms with van der Waals surface area (Å²) in [5.41, 5.74) is 1.56. The SMILES string of the molecule is O=C(O)CCC(=O)Nc1cccc(NC(=O)c2ccccc2)c1. The van der Waals surface area contributed by atoms with E-state index in [9.17, 15) is 14.4 Å². The van der Waals surface area contributed by atoms with Crippen molar-refractivity contribution < 1.29 is 19.5 Å². The highest BCUT2D eigenvalue weighted by molar-refractivity contribution is 6.04. The fourth-order valence-corrected chi connectivity index (χ4v) is 1.91. The van der Waals surface area contributed by atoms with Crippen LogP contribution in [0.25, 0.3) is 0 Å². The zero-order chi connectivity index (χ0) is 16.7. The first-order chi connectivity index (χ1) is 11.0. The Balaban J connectivity index is 1.98. The van der Waals surface area contributed by atoms with Gasteiger partial charge in [0.1, 0.15) is 0 Å². The summed E-state index contributed by atoms with van der Waals surface area (Å²) in [6, 6.07) is 15.4. The molecule has 6 nitrogen and oxygen atoms in total. The molecule has 2 aromatic carbocycles. The number of anilines is 2. The van der Waals surface area contributed by atoms with E-state index in [0.717, 1.165) is 0 Å². The van der Waals surface area contributed by atoms with Gasteiger partial charge in [-0.2, -0.15) is 0 Å². The normalized spacial score (nSPS) is 9.91. The Morgan fingerprint density at radius 3 is 2.13 bits per heavy atom. The molecule has 0 bridgehead atoms. The third-order valence-corrected chi connectivity index (χ3v) is 3.01. The highest BCUT2D eigenvalue weighted by Crippen LogP contribution is 2.16. The quantitative estimate of drug-likeness (QED) is 0.764. The molecule has 2 aromatic rings. The molecule has 23 heavy (non-hydrogen) atoms. The number of carboxylic acid groups (broad SMARTS) is 1. The van der Waals surface area contributed by atoms with Crippen LogP contribution in [0.1, 0.15) is 23.2 Å². The van der Waals surface area contributed by atoms with E-state index < -0.39 is 5.97 Å². The maximum absolute atomic E-state index is 12.1. The van der Waals surface area contributed by atoms with Crippen molar-refractivity contribution in [1.29, 1.82) is 0 Å². The van der Waals surface area contributed by atoms with E-state index in [1.54, 1.807) is 48.5 Å². The van der Waals surface area contributed by atoms with Gasteiger partial charge in [-0.3, -0.25) is 14.4 Å². The second-order valence-electron chi connectivity index (χ2n) is 4.84. The number of rotatable bonds is 6. The van der Waals surface area contributed by atoms with Crippen LogP contribution >= 0.6 is 0 Å². The van der Waals surface area contributed by atoms with Gasteiger partial charge in [0, 0.05) is 23.4 Å². The van der Waals surface area contributed by atoms with Crippen LogP contribution in [0.4, 0.5) is 11.4 Å². The molecule has 0 spiro atoms. The summed E-state index contributed by atoms with van der Waals surface area (Å²) in [5, 5.41) is 13.9. The predicted octanol–water partition coefficient (Wildman–Crippen LogP) is 2.74. The van der Waals surface area contributed by atoms with Crippen LogP contribution in [-0.4, -0.2) is 22.9 Å². The van der Waals surface area contributed by atoms with Gasteiger partial charge in [0.15, 0.2) is 0 Å². The Morgan fingerprint density at radius 1 is 0.826 bits per heavy atom. The highest BCUT2D eigenvalue weighted by Gasteiger charge is 2.08. The molecule has 0 aliphatic carbocycles. The third-order valence-electron chi connectivity index (χ3n) is 3.01. The average molecular weight is 312 g/mol. The number of amides is 2. The molecule has 0 radical (unpaired) electrons. The molecule has 2 rings (SSSR count). The molecule has 0 atom stereocenters. The summed E-state index contributed by atoms with van der Waals surface area (Å²) in [5.74, 6) is -1.66. The minimum Gasteiger partial charge on any atom is -0.481 e. The van der Waals surface area contributed by atoms with Crippen LogP contribution in [0.15, 0.2) is 54.6 Å². The number of benzene rings is 2. The van der Waals surface area contributed by atoms with Crippen LogP contribution in [-0.2, 0) is 9.59 Å². The van der Waals surface area contributed by atoms with Gasteiger partial charge in [-0.05, 0) is 30.3 Å². The largest absolute Gasteiger partial charge is 0.481 e. The molecule has 2 amide bonds. The minimum atomic E-state index is -1.02. The zero-order valence-electron chi connectivity index (χ0n) is 12.3. The minimum absolute atomic E-state index is 0.101. The van der Waals surface area contributed by atoms with Crippen molar-refractivity contribution in [2.45, 2.75) is 12.8 Å². The maximum Gasteiger partial charge on any atom is 0.303 e. The smallest absolute Gasteiger partial charge is 0.303 e. The van der Waals surface area contributed by atoms with Crippen LogP contribution in [0.5, 0.6) is 0 Å². The summed E-state index contributed by atoms with van der Waals surface area (Å²) in [6.45, 7) is 0. The monoisotopic (exact) mass is 312 g/mol. The molecular weight excluding hydrogens is 296 g/mol. The highest BCUT2D eigenvalue weighted by atomic mass is 16.4. The van der Waals surface area contributed by atoms with E-state index in [-0.39, 0.29) is 24.7 Å². The van der Waals surface area contributed by atoms with Crippen molar-refractivity contribution in [1.82, 2.24) is 0 Å². The molecule has 0 aliphatic heterocycles. The molecule has 118 valence electrons. The number of hydrogen-bond donors (Lipinski definition) is 3. The van der Waals surface area contributed by atoms with Gasteiger partial charge in [0.2, 0.25) is 5.91 Å².